The number of unbranched alkanes of at least 4 members (excludes halogenated alkanes) is 2. The van der Waals surface area contributed by atoms with Crippen molar-refractivity contribution >= 4 is 17.5 Å². The molecule has 0 saturated carbocycles. The van der Waals surface area contributed by atoms with Gasteiger partial charge in [-0.3, -0.25) is 9.59 Å². The van der Waals surface area contributed by atoms with Gasteiger partial charge in [-0.05, 0) is 55.0 Å². The molecule has 6 heteroatoms. The number of primary amides is 1. The minimum absolute atomic E-state index is 0.189. The topological polar surface area (TPSA) is 95.7 Å². The Labute approximate surface area is 210 Å². The van der Waals surface area contributed by atoms with Crippen molar-refractivity contribution in [3.05, 3.63) is 65.2 Å². The molecular formula is C29H43N3O3. The first-order valence-electron chi connectivity index (χ1n) is 12.9. The largest absolute Gasteiger partial charge is 0.391 e. The van der Waals surface area contributed by atoms with Crippen LogP contribution in [0.4, 0.5) is 5.69 Å². The molecule has 0 radical (unpaired) electrons. The van der Waals surface area contributed by atoms with Gasteiger partial charge in [-0.15, -0.1) is 0 Å². The summed E-state index contributed by atoms with van der Waals surface area (Å²) in [7, 11) is 2.07. The second-order valence-corrected chi connectivity index (χ2v) is 9.64. The van der Waals surface area contributed by atoms with E-state index in [1.807, 2.05) is 42.5 Å². The van der Waals surface area contributed by atoms with Gasteiger partial charge in [0.15, 0.2) is 0 Å². The fourth-order valence-corrected chi connectivity index (χ4v) is 4.23. The number of amides is 2. The number of carbonyl (C=O) groups excluding carboxylic acids is 2. The van der Waals surface area contributed by atoms with Crippen molar-refractivity contribution in [2.75, 3.05) is 18.5 Å². The number of hydrogen-bond acceptors (Lipinski definition) is 4. The highest BCUT2D eigenvalue weighted by molar-refractivity contribution is 5.95. The Kier molecular flexibility index (Phi) is 11.8. The second kappa shape index (κ2) is 14.5. The zero-order chi connectivity index (χ0) is 25.8. The molecule has 2 amide bonds. The average Bonchev–Trinajstić information content (AvgIpc) is 2.84. The van der Waals surface area contributed by atoms with Crippen molar-refractivity contribution in [2.24, 2.45) is 11.7 Å². The number of nitrogens with two attached hydrogens (primary N) is 1. The van der Waals surface area contributed by atoms with E-state index in [2.05, 4.69) is 37.2 Å². The van der Waals surface area contributed by atoms with Gasteiger partial charge in [0.25, 0.3) is 5.91 Å². The molecule has 0 aliphatic rings. The maximum absolute atomic E-state index is 13.4. The number of hydrogen-bond donors (Lipinski definition) is 3. The van der Waals surface area contributed by atoms with Crippen molar-refractivity contribution in [1.82, 2.24) is 5.32 Å². The van der Waals surface area contributed by atoms with Crippen molar-refractivity contribution in [3.63, 3.8) is 0 Å². The van der Waals surface area contributed by atoms with Crippen LogP contribution < -0.4 is 16.0 Å². The van der Waals surface area contributed by atoms with Crippen molar-refractivity contribution in [2.45, 2.75) is 77.9 Å². The number of aliphatic hydroxyl groups is 1. The highest BCUT2D eigenvalue weighted by Gasteiger charge is 2.26. The number of nitrogens with zero attached hydrogens (tertiary/aromatic N) is 1. The molecule has 2 aromatic rings. The Morgan fingerprint density at radius 1 is 1.03 bits per heavy atom. The molecule has 3 atom stereocenters. The maximum atomic E-state index is 13.4. The fraction of sp³-hybridized carbons (Fsp3) is 0.517. The summed E-state index contributed by atoms with van der Waals surface area (Å²) in [6.45, 7) is 6.95. The summed E-state index contributed by atoms with van der Waals surface area (Å²) in [4.78, 5) is 27.2. The molecule has 6 nitrogen and oxygen atoms in total. The number of nitrogens with one attached hydrogen (secondary N) is 1. The molecule has 192 valence electrons. The molecule has 0 spiro atoms. The number of anilines is 1. The van der Waals surface area contributed by atoms with Crippen LogP contribution in [0, 0.1) is 5.92 Å². The molecule has 0 aliphatic carbocycles. The summed E-state index contributed by atoms with van der Waals surface area (Å²) >= 11 is 0. The van der Waals surface area contributed by atoms with Gasteiger partial charge in [-0.1, -0.05) is 70.4 Å². The highest BCUT2D eigenvalue weighted by Crippen LogP contribution is 2.21. The molecule has 2 unspecified atom stereocenters. The van der Waals surface area contributed by atoms with E-state index in [1.54, 1.807) is 6.92 Å². The number of aryl methyl sites for hydroxylation is 1. The maximum Gasteiger partial charge on any atom is 0.251 e. The lowest BCUT2D eigenvalue weighted by atomic mass is 9.93. The average molecular weight is 482 g/mol. The smallest absolute Gasteiger partial charge is 0.251 e. The van der Waals surface area contributed by atoms with E-state index in [0.29, 0.717) is 12.0 Å². The summed E-state index contributed by atoms with van der Waals surface area (Å²) in [6, 6.07) is 15.2. The number of rotatable bonds is 15. The molecule has 35 heavy (non-hydrogen) atoms. The number of aliphatic hydroxyl groups excluding tert-OH is 1. The third kappa shape index (κ3) is 9.36. The number of carbonyl (C=O) groups is 2. The third-order valence-corrected chi connectivity index (χ3v) is 6.48. The first kappa shape index (κ1) is 28.4. The first-order valence-corrected chi connectivity index (χ1v) is 12.9. The van der Waals surface area contributed by atoms with E-state index in [0.717, 1.165) is 49.0 Å². The Morgan fingerprint density at radius 2 is 1.74 bits per heavy atom. The van der Waals surface area contributed by atoms with Crippen LogP contribution in [0.15, 0.2) is 48.5 Å². The SMILES string of the molecule is CCCCCN(C)c1cc(CCC)cc(C(=O)N[C@@H](Cc2ccccc2)C(O)CC(C)C(N)=O)c1. The monoisotopic (exact) mass is 481 g/mol. The molecule has 2 aromatic carbocycles. The lowest BCUT2D eigenvalue weighted by Crippen LogP contribution is -2.46. The molecule has 4 N–H and O–H groups in total. The van der Waals surface area contributed by atoms with Crippen LogP contribution >= 0.6 is 0 Å². The van der Waals surface area contributed by atoms with Gasteiger partial charge in [0.2, 0.25) is 5.91 Å². The van der Waals surface area contributed by atoms with Gasteiger partial charge in [-0.25, -0.2) is 0 Å². The molecule has 0 aromatic heterocycles. The molecule has 0 aliphatic heterocycles. The molecule has 0 bridgehead atoms. The van der Waals surface area contributed by atoms with E-state index < -0.39 is 24.0 Å². The molecule has 0 fully saturated rings. The fourth-order valence-electron chi connectivity index (χ4n) is 4.23. The normalized spacial score (nSPS) is 13.6. The highest BCUT2D eigenvalue weighted by atomic mass is 16.3. The van der Waals surface area contributed by atoms with Crippen LogP contribution in [0.5, 0.6) is 0 Å². The zero-order valence-corrected chi connectivity index (χ0v) is 21.8. The summed E-state index contributed by atoms with van der Waals surface area (Å²) in [5, 5.41) is 14.0. The van der Waals surface area contributed by atoms with E-state index in [4.69, 9.17) is 5.73 Å². The predicted octanol–water partition coefficient (Wildman–Crippen LogP) is 4.48. The Bertz CT molecular complexity index is 932. The van der Waals surface area contributed by atoms with Gasteiger partial charge >= 0.3 is 0 Å². The van der Waals surface area contributed by atoms with Crippen molar-refractivity contribution in [1.29, 1.82) is 0 Å². The van der Waals surface area contributed by atoms with Crippen molar-refractivity contribution < 1.29 is 14.7 Å². The Morgan fingerprint density at radius 3 is 2.37 bits per heavy atom. The van der Waals surface area contributed by atoms with Gasteiger partial charge in [0.05, 0.1) is 12.1 Å². The lowest BCUT2D eigenvalue weighted by molar-refractivity contribution is -0.122. The molecular weight excluding hydrogens is 438 g/mol. The van der Waals surface area contributed by atoms with Gasteiger partial charge < -0.3 is 21.1 Å². The van der Waals surface area contributed by atoms with Crippen LogP contribution in [-0.4, -0.2) is 42.7 Å². The van der Waals surface area contributed by atoms with Crippen LogP contribution in [0.25, 0.3) is 0 Å². The molecule has 2 rings (SSSR count). The van der Waals surface area contributed by atoms with E-state index in [-0.39, 0.29) is 12.3 Å². The summed E-state index contributed by atoms with van der Waals surface area (Å²) < 4.78 is 0. The van der Waals surface area contributed by atoms with Gasteiger partial charge in [0.1, 0.15) is 0 Å². The quantitative estimate of drug-likeness (QED) is 0.327. The molecule has 0 saturated heterocycles. The van der Waals surface area contributed by atoms with E-state index in [1.165, 1.54) is 6.42 Å². The minimum atomic E-state index is -0.906. The predicted molar refractivity (Wildman–Crippen MR) is 144 cm³/mol. The van der Waals surface area contributed by atoms with Crippen LogP contribution in [0.1, 0.15) is 74.4 Å². The number of benzene rings is 2. The van der Waals surface area contributed by atoms with E-state index in [9.17, 15) is 14.7 Å². The summed E-state index contributed by atoms with van der Waals surface area (Å²) in [6.07, 6.45) is 5.07. The van der Waals surface area contributed by atoms with Gasteiger partial charge in [-0.2, -0.15) is 0 Å². The minimum Gasteiger partial charge on any atom is -0.391 e. The van der Waals surface area contributed by atoms with Crippen LogP contribution in [0.3, 0.4) is 0 Å². The second-order valence-electron chi connectivity index (χ2n) is 9.64. The third-order valence-electron chi connectivity index (χ3n) is 6.48. The lowest BCUT2D eigenvalue weighted by Gasteiger charge is -2.26. The van der Waals surface area contributed by atoms with E-state index >= 15 is 0 Å². The van der Waals surface area contributed by atoms with Gasteiger partial charge in [0, 0.05) is 30.8 Å². The van der Waals surface area contributed by atoms with Crippen LogP contribution in [0.2, 0.25) is 0 Å². The Hall–Kier alpha value is -2.86. The zero-order valence-electron chi connectivity index (χ0n) is 21.8. The molecule has 0 heterocycles. The first-order chi connectivity index (χ1) is 16.7. The van der Waals surface area contributed by atoms with Crippen molar-refractivity contribution in [3.8, 4) is 0 Å². The Balaban J connectivity index is 2.27. The summed E-state index contributed by atoms with van der Waals surface area (Å²) in [5.41, 5.74) is 9.16. The summed E-state index contributed by atoms with van der Waals surface area (Å²) in [5.74, 6) is -1.17. The van der Waals surface area contributed by atoms with Crippen LogP contribution in [-0.2, 0) is 17.6 Å². The standard InChI is InChI=1S/C29H43N3O3/c1-5-7-11-15-32(4)25-18-23(12-6-2)17-24(20-25)29(35)31-26(19-22-13-9-8-10-14-22)27(33)16-21(3)28(30)34/h8-10,13-14,17-18,20-21,26-27,33H,5-7,11-12,15-16,19H2,1-4H3,(H2,30,34)(H,31,35)/t21?,26-,27?/m0/s1.